The number of carbonyl (C=O) groups is 1. The average molecular weight is 391 g/mol. The Bertz CT molecular complexity index is 889. The van der Waals surface area contributed by atoms with Gasteiger partial charge < -0.3 is 9.42 Å². The van der Waals surface area contributed by atoms with Crippen molar-refractivity contribution < 1.29 is 17.7 Å². The molecule has 0 saturated carbocycles. The van der Waals surface area contributed by atoms with Crippen molar-refractivity contribution in [3.8, 4) is 0 Å². The molecule has 0 spiro atoms. The Balaban J connectivity index is 1.72. The maximum absolute atomic E-state index is 13.0. The summed E-state index contributed by atoms with van der Waals surface area (Å²) < 4.78 is 32.3. The number of sulfonamides is 1. The lowest BCUT2D eigenvalue weighted by atomic mass is 9.98. The van der Waals surface area contributed by atoms with Gasteiger partial charge in [-0.2, -0.15) is 4.31 Å². The van der Waals surface area contributed by atoms with Crippen LogP contribution in [-0.2, 0) is 14.8 Å². The van der Waals surface area contributed by atoms with Gasteiger partial charge in [-0.05, 0) is 39.3 Å². The van der Waals surface area contributed by atoms with Crippen LogP contribution in [0.15, 0.2) is 39.8 Å². The van der Waals surface area contributed by atoms with Crippen LogP contribution in [0.5, 0.6) is 0 Å². The molecule has 0 aliphatic carbocycles. The Morgan fingerprint density at radius 3 is 2.44 bits per heavy atom. The van der Waals surface area contributed by atoms with Crippen molar-refractivity contribution in [2.75, 3.05) is 26.2 Å². The van der Waals surface area contributed by atoms with Crippen molar-refractivity contribution in [2.24, 2.45) is 0 Å². The first-order valence-corrected chi connectivity index (χ1v) is 10.5. The van der Waals surface area contributed by atoms with Crippen molar-refractivity contribution in [1.29, 1.82) is 0 Å². The zero-order chi connectivity index (χ0) is 19.6. The second-order valence-corrected chi connectivity index (χ2v) is 8.79. The van der Waals surface area contributed by atoms with Crippen molar-refractivity contribution in [3.63, 3.8) is 0 Å². The van der Waals surface area contributed by atoms with Gasteiger partial charge in [0.15, 0.2) is 0 Å². The van der Waals surface area contributed by atoms with Gasteiger partial charge in [0.1, 0.15) is 5.76 Å². The third-order valence-corrected chi connectivity index (χ3v) is 6.95. The maximum atomic E-state index is 13.0. The van der Waals surface area contributed by atoms with Crippen LogP contribution in [0.25, 0.3) is 0 Å². The number of carbonyl (C=O) groups excluding carboxylic acids is 1. The summed E-state index contributed by atoms with van der Waals surface area (Å²) in [6.45, 7) is 7.07. The van der Waals surface area contributed by atoms with Crippen LogP contribution in [0.3, 0.4) is 0 Å². The highest BCUT2D eigenvalue weighted by Crippen LogP contribution is 2.26. The smallest absolute Gasteiger partial charge is 0.243 e. The molecule has 1 saturated heterocycles. The summed E-state index contributed by atoms with van der Waals surface area (Å²) in [6.07, 6.45) is 0.603. The molecule has 0 N–H and O–H groups in total. The van der Waals surface area contributed by atoms with Crippen LogP contribution in [0.2, 0.25) is 0 Å². The van der Waals surface area contributed by atoms with Crippen LogP contribution in [-0.4, -0.2) is 54.9 Å². The highest BCUT2D eigenvalue weighted by molar-refractivity contribution is 7.89. The molecule has 1 atom stereocenters. The van der Waals surface area contributed by atoms with E-state index in [4.69, 9.17) is 4.52 Å². The second kappa shape index (κ2) is 7.82. The third kappa shape index (κ3) is 3.91. The number of nitrogens with zero attached hydrogens (tertiary/aromatic N) is 3. The quantitative estimate of drug-likeness (QED) is 0.799. The summed E-state index contributed by atoms with van der Waals surface area (Å²) in [5, 5.41) is 3.93. The zero-order valence-electron chi connectivity index (χ0n) is 15.9. The molecule has 146 valence electrons. The van der Waals surface area contributed by atoms with E-state index in [-0.39, 0.29) is 23.3 Å². The monoisotopic (exact) mass is 391 g/mol. The maximum Gasteiger partial charge on any atom is 0.243 e. The highest BCUT2D eigenvalue weighted by atomic mass is 32.2. The minimum atomic E-state index is -3.54. The van der Waals surface area contributed by atoms with E-state index in [1.807, 2.05) is 13.8 Å². The lowest BCUT2D eigenvalue weighted by molar-refractivity contribution is -0.132. The van der Waals surface area contributed by atoms with E-state index < -0.39 is 10.0 Å². The van der Waals surface area contributed by atoms with Gasteiger partial charge in [0, 0.05) is 31.7 Å². The number of hydrogen-bond donors (Lipinski definition) is 0. The van der Waals surface area contributed by atoms with Crippen LogP contribution in [0.1, 0.15) is 36.3 Å². The van der Waals surface area contributed by atoms with Crippen LogP contribution in [0, 0.1) is 13.8 Å². The molecular formula is C19H25N3O4S. The average Bonchev–Trinajstić information content (AvgIpc) is 2.87. The molecule has 1 aromatic carbocycles. The number of rotatable bonds is 4. The first-order chi connectivity index (χ1) is 12.8. The van der Waals surface area contributed by atoms with E-state index in [0.29, 0.717) is 31.8 Å². The van der Waals surface area contributed by atoms with Gasteiger partial charge in [-0.1, -0.05) is 23.4 Å². The van der Waals surface area contributed by atoms with E-state index >= 15 is 0 Å². The van der Waals surface area contributed by atoms with Crippen LogP contribution >= 0.6 is 0 Å². The van der Waals surface area contributed by atoms with E-state index in [0.717, 1.165) is 11.3 Å². The number of amides is 1. The number of aromatic nitrogens is 1. The first-order valence-electron chi connectivity index (χ1n) is 9.09. The molecule has 7 nitrogen and oxygen atoms in total. The molecule has 3 rings (SSSR count). The predicted octanol–water partition coefficient (Wildman–Crippen LogP) is 2.32. The first kappa shape index (κ1) is 19.6. The van der Waals surface area contributed by atoms with Crippen molar-refractivity contribution in [1.82, 2.24) is 14.4 Å². The van der Waals surface area contributed by atoms with E-state index in [2.05, 4.69) is 5.16 Å². The molecule has 8 heteroatoms. The minimum absolute atomic E-state index is 0.0247. The molecule has 1 aliphatic rings. The summed E-state index contributed by atoms with van der Waals surface area (Å²) >= 11 is 0. The molecule has 1 unspecified atom stereocenters. The molecule has 27 heavy (non-hydrogen) atoms. The van der Waals surface area contributed by atoms with E-state index in [9.17, 15) is 13.2 Å². The lowest BCUT2D eigenvalue weighted by Gasteiger charge is -2.24. The number of benzene rings is 1. The highest BCUT2D eigenvalue weighted by Gasteiger charge is 2.31. The zero-order valence-corrected chi connectivity index (χ0v) is 16.7. The van der Waals surface area contributed by atoms with Crippen LogP contribution < -0.4 is 0 Å². The van der Waals surface area contributed by atoms with Crippen LogP contribution in [0.4, 0.5) is 0 Å². The molecule has 1 fully saturated rings. The lowest BCUT2D eigenvalue weighted by Crippen LogP contribution is -2.39. The Labute approximate surface area is 160 Å². The standard InChI is InChI=1S/C19H25N3O4S/c1-14(18-15(2)20-26-16(18)3)19(23)21-10-7-11-22(13-12-21)27(24,25)17-8-5-4-6-9-17/h4-6,8-9,14H,7,10-13H2,1-3H3. The molecule has 2 heterocycles. The normalized spacial score (nSPS) is 17.5. The Morgan fingerprint density at radius 1 is 1.11 bits per heavy atom. The van der Waals surface area contributed by atoms with E-state index in [1.54, 1.807) is 42.2 Å². The number of aryl methyl sites for hydroxylation is 2. The fourth-order valence-electron chi connectivity index (χ4n) is 3.60. The fraction of sp³-hybridized carbons (Fsp3) is 0.474. The van der Waals surface area contributed by atoms with Gasteiger partial charge in [0.05, 0.1) is 16.5 Å². The third-order valence-electron chi connectivity index (χ3n) is 5.04. The van der Waals surface area contributed by atoms with Crippen molar-refractivity contribution in [3.05, 3.63) is 47.3 Å². The summed E-state index contributed by atoms with van der Waals surface area (Å²) in [6, 6.07) is 8.42. The van der Waals surface area contributed by atoms with E-state index in [1.165, 1.54) is 4.31 Å². The Kier molecular flexibility index (Phi) is 5.67. The van der Waals surface area contributed by atoms with Gasteiger partial charge in [-0.25, -0.2) is 8.42 Å². The SMILES string of the molecule is Cc1noc(C)c1C(C)C(=O)N1CCCN(S(=O)(=O)c2ccccc2)CC1. The molecule has 1 aromatic heterocycles. The molecule has 0 radical (unpaired) electrons. The topological polar surface area (TPSA) is 83.7 Å². The van der Waals surface area contributed by atoms with Gasteiger partial charge in [-0.15, -0.1) is 0 Å². The fourth-order valence-corrected chi connectivity index (χ4v) is 5.09. The predicted molar refractivity (Wildman–Crippen MR) is 101 cm³/mol. The van der Waals surface area contributed by atoms with Gasteiger partial charge in [-0.3, -0.25) is 4.79 Å². The Morgan fingerprint density at radius 2 is 1.81 bits per heavy atom. The largest absolute Gasteiger partial charge is 0.361 e. The minimum Gasteiger partial charge on any atom is -0.361 e. The molecule has 2 aromatic rings. The second-order valence-electron chi connectivity index (χ2n) is 6.86. The number of hydrogen-bond acceptors (Lipinski definition) is 5. The summed E-state index contributed by atoms with van der Waals surface area (Å²) in [4.78, 5) is 15.0. The van der Waals surface area contributed by atoms with Gasteiger partial charge in [0.25, 0.3) is 0 Å². The summed E-state index contributed by atoms with van der Waals surface area (Å²) in [5.74, 6) is 0.258. The molecule has 0 bridgehead atoms. The van der Waals surface area contributed by atoms with Crippen molar-refractivity contribution >= 4 is 15.9 Å². The summed E-state index contributed by atoms with van der Waals surface area (Å²) in [7, 11) is -3.54. The molecule has 1 aliphatic heterocycles. The van der Waals surface area contributed by atoms with Gasteiger partial charge in [0.2, 0.25) is 15.9 Å². The van der Waals surface area contributed by atoms with Gasteiger partial charge >= 0.3 is 0 Å². The molecular weight excluding hydrogens is 366 g/mol. The Hall–Kier alpha value is -2.19. The van der Waals surface area contributed by atoms with Crippen molar-refractivity contribution in [2.45, 2.75) is 38.0 Å². The summed E-state index contributed by atoms with van der Waals surface area (Å²) in [5.41, 5.74) is 1.54. The molecule has 1 amide bonds.